The van der Waals surface area contributed by atoms with Crippen LogP contribution in [-0.2, 0) is 6.54 Å². The molecule has 0 saturated carbocycles. The Kier molecular flexibility index (Phi) is 3.62. The third kappa shape index (κ3) is 2.88. The zero-order valence-electron chi connectivity index (χ0n) is 10.1. The summed E-state index contributed by atoms with van der Waals surface area (Å²) in [7, 11) is 0. The summed E-state index contributed by atoms with van der Waals surface area (Å²) < 4.78 is 1.49. The summed E-state index contributed by atoms with van der Waals surface area (Å²) in [6, 6.07) is 9.75. The van der Waals surface area contributed by atoms with Gasteiger partial charge < -0.3 is 5.32 Å². The third-order valence-electron chi connectivity index (χ3n) is 2.64. The van der Waals surface area contributed by atoms with Crippen LogP contribution < -0.4 is 16.6 Å². The van der Waals surface area contributed by atoms with Gasteiger partial charge in [0.25, 0.3) is 5.56 Å². The second-order valence-electron chi connectivity index (χ2n) is 4.06. The van der Waals surface area contributed by atoms with Crippen molar-refractivity contribution >= 4 is 5.69 Å². The summed E-state index contributed by atoms with van der Waals surface area (Å²) in [6.07, 6.45) is 1.58. The Morgan fingerprint density at radius 1 is 1.22 bits per heavy atom. The molecule has 0 saturated heterocycles. The Bertz CT molecular complexity index is 629. The topological polar surface area (TPSA) is 66.9 Å². The van der Waals surface area contributed by atoms with Gasteiger partial charge in [-0.25, -0.2) is 4.79 Å². The van der Waals surface area contributed by atoms with E-state index in [0.29, 0.717) is 18.7 Å². The molecule has 0 radical (unpaired) electrons. The molecule has 18 heavy (non-hydrogen) atoms. The van der Waals surface area contributed by atoms with Crippen LogP contribution in [-0.4, -0.2) is 16.1 Å². The molecule has 0 aliphatic rings. The van der Waals surface area contributed by atoms with E-state index in [1.54, 1.807) is 13.1 Å². The van der Waals surface area contributed by atoms with Crippen molar-refractivity contribution in [1.29, 1.82) is 0 Å². The Hall–Kier alpha value is -2.30. The van der Waals surface area contributed by atoms with Crippen molar-refractivity contribution in [3.63, 3.8) is 0 Å². The summed E-state index contributed by atoms with van der Waals surface area (Å²) in [5.41, 5.74) is 0.841. The zero-order chi connectivity index (χ0) is 13.0. The van der Waals surface area contributed by atoms with E-state index >= 15 is 0 Å². The van der Waals surface area contributed by atoms with Crippen LogP contribution in [0.3, 0.4) is 0 Å². The molecule has 1 aromatic heterocycles. The maximum atomic E-state index is 11.5. The van der Waals surface area contributed by atoms with Crippen LogP contribution in [0.1, 0.15) is 5.56 Å². The van der Waals surface area contributed by atoms with Crippen LogP contribution >= 0.6 is 0 Å². The standard InChI is InChI=1S/C13H15N3O2/c1-10-9-16(13(18)15-12(10)17)8-7-14-11-5-3-2-4-6-11/h2-6,9,14H,7-8H2,1H3,(H,15,17,18). The van der Waals surface area contributed by atoms with Gasteiger partial charge in [-0.15, -0.1) is 0 Å². The van der Waals surface area contributed by atoms with Gasteiger partial charge in [-0.2, -0.15) is 0 Å². The monoisotopic (exact) mass is 245 g/mol. The molecular formula is C13H15N3O2. The fourth-order valence-electron chi connectivity index (χ4n) is 1.66. The molecule has 0 aliphatic heterocycles. The highest BCUT2D eigenvalue weighted by Crippen LogP contribution is 2.03. The van der Waals surface area contributed by atoms with Crippen LogP contribution in [0.5, 0.6) is 0 Å². The minimum Gasteiger partial charge on any atom is -0.383 e. The number of H-pyrrole nitrogens is 1. The lowest BCUT2D eigenvalue weighted by atomic mass is 10.3. The van der Waals surface area contributed by atoms with Gasteiger partial charge in [0.1, 0.15) is 0 Å². The number of nitrogens with one attached hydrogen (secondary N) is 2. The first kappa shape index (κ1) is 12.2. The van der Waals surface area contributed by atoms with E-state index in [9.17, 15) is 9.59 Å². The van der Waals surface area contributed by atoms with Crippen LogP contribution in [0.4, 0.5) is 5.69 Å². The van der Waals surface area contributed by atoms with E-state index in [1.807, 2.05) is 30.3 Å². The second kappa shape index (κ2) is 5.35. The average Bonchev–Trinajstić information content (AvgIpc) is 2.37. The summed E-state index contributed by atoms with van der Waals surface area (Å²) >= 11 is 0. The molecule has 1 heterocycles. The average molecular weight is 245 g/mol. The maximum absolute atomic E-state index is 11.5. The van der Waals surface area contributed by atoms with Crippen molar-refractivity contribution in [1.82, 2.24) is 9.55 Å². The van der Waals surface area contributed by atoms with Gasteiger partial charge in [-0.3, -0.25) is 14.3 Å². The highest BCUT2D eigenvalue weighted by molar-refractivity contribution is 5.42. The quantitative estimate of drug-likeness (QED) is 0.843. The second-order valence-corrected chi connectivity index (χ2v) is 4.06. The van der Waals surface area contributed by atoms with Crippen molar-refractivity contribution in [3.8, 4) is 0 Å². The molecule has 1 aromatic carbocycles. The number of aromatic amines is 1. The van der Waals surface area contributed by atoms with E-state index in [4.69, 9.17) is 0 Å². The molecule has 5 nitrogen and oxygen atoms in total. The molecule has 0 unspecified atom stereocenters. The number of benzene rings is 1. The Morgan fingerprint density at radius 2 is 1.94 bits per heavy atom. The van der Waals surface area contributed by atoms with Gasteiger partial charge in [0.15, 0.2) is 0 Å². The number of aryl methyl sites for hydroxylation is 1. The van der Waals surface area contributed by atoms with Gasteiger partial charge in [-0.1, -0.05) is 18.2 Å². The van der Waals surface area contributed by atoms with E-state index in [-0.39, 0.29) is 11.2 Å². The molecule has 0 spiro atoms. The fourth-order valence-corrected chi connectivity index (χ4v) is 1.66. The first-order valence-electron chi connectivity index (χ1n) is 5.76. The minimum atomic E-state index is -0.375. The van der Waals surface area contributed by atoms with E-state index in [0.717, 1.165) is 5.69 Å². The predicted octanol–water partition coefficient (Wildman–Crippen LogP) is 0.957. The number of nitrogens with zero attached hydrogens (tertiary/aromatic N) is 1. The smallest absolute Gasteiger partial charge is 0.328 e. The number of anilines is 1. The highest BCUT2D eigenvalue weighted by atomic mass is 16.2. The van der Waals surface area contributed by atoms with Gasteiger partial charge >= 0.3 is 5.69 Å². The summed E-state index contributed by atoms with van der Waals surface area (Å²) in [5, 5.41) is 3.20. The van der Waals surface area contributed by atoms with Crippen LogP contribution in [0.2, 0.25) is 0 Å². The van der Waals surface area contributed by atoms with Crippen molar-refractivity contribution < 1.29 is 0 Å². The summed E-state index contributed by atoms with van der Waals surface area (Å²) in [4.78, 5) is 25.0. The lowest BCUT2D eigenvalue weighted by Crippen LogP contribution is -2.32. The van der Waals surface area contributed by atoms with Gasteiger partial charge in [0.2, 0.25) is 0 Å². The van der Waals surface area contributed by atoms with Crippen molar-refractivity contribution in [2.75, 3.05) is 11.9 Å². The number of hydrogen-bond donors (Lipinski definition) is 2. The van der Waals surface area contributed by atoms with Crippen molar-refractivity contribution in [3.05, 3.63) is 62.9 Å². The lowest BCUT2D eigenvalue weighted by molar-refractivity contribution is 0.664. The Balaban J connectivity index is 2.01. The molecule has 94 valence electrons. The van der Waals surface area contributed by atoms with E-state index < -0.39 is 0 Å². The molecular weight excluding hydrogens is 230 g/mol. The zero-order valence-corrected chi connectivity index (χ0v) is 10.1. The molecule has 2 rings (SSSR count). The van der Waals surface area contributed by atoms with Gasteiger partial charge in [0, 0.05) is 30.5 Å². The predicted molar refractivity (Wildman–Crippen MR) is 71.0 cm³/mol. The maximum Gasteiger partial charge on any atom is 0.328 e. The summed E-state index contributed by atoms with van der Waals surface area (Å²) in [5.74, 6) is 0. The number of para-hydroxylation sites is 1. The first-order chi connectivity index (χ1) is 8.66. The number of aromatic nitrogens is 2. The summed E-state index contributed by atoms with van der Waals surface area (Å²) in [6.45, 7) is 2.81. The Morgan fingerprint density at radius 3 is 2.67 bits per heavy atom. The van der Waals surface area contributed by atoms with E-state index in [2.05, 4.69) is 10.3 Å². The van der Waals surface area contributed by atoms with Crippen molar-refractivity contribution in [2.24, 2.45) is 0 Å². The molecule has 0 bridgehead atoms. The fraction of sp³-hybridized carbons (Fsp3) is 0.231. The van der Waals surface area contributed by atoms with Crippen LogP contribution in [0.25, 0.3) is 0 Å². The number of hydrogen-bond acceptors (Lipinski definition) is 3. The van der Waals surface area contributed by atoms with E-state index in [1.165, 1.54) is 4.57 Å². The highest BCUT2D eigenvalue weighted by Gasteiger charge is 2.00. The van der Waals surface area contributed by atoms with Crippen LogP contribution in [0.15, 0.2) is 46.1 Å². The normalized spacial score (nSPS) is 10.3. The number of rotatable bonds is 4. The largest absolute Gasteiger partial charge is 0.383 e. The lowest BCUT2D eigenvalue weighted by Gasteiger charge is -2.08. The molecule has 0 amide bonds. The molecule has 0 atom stereocenters. The van der Waals surface area contributed by atoms with Crippen LogP contribution in [0, 0.1) is 6.92 Å². The molecule has 0 aliphatic carbocycles. The minimum absolute atomic E-state index is 0.327. The van der Waals surface area contributed by atoms with Crippen molar-refractivity contribution in [2.45, 2.75) is 13.5 Å². The molecule has 5 heteroatoms. The van der Waals surface area contributed by atoms with Gasteiger partial charge in [-0.05, 0) is 19.1 Å². The Labute approximate surface area is 104 Å². The van der Waals surface area contributed by atoms with Gasteiger partial charge in [0.05, 0.1) is 0 Å². The molecule has 2 aromatic rings. The third-order valence-corrected chi connectivity index (χ3v) is 2.64. The SMILES string of the molecule is Cc1cn(CCNc2ccccc2)c(=O)[nH]c1=O. The molecule has 2 N–H and O–H groups in total. The first-order valence-corrected chi connectivity index (χ1v) is 5.76. The molecule has 0 fully saturated rings.